The highest BCUT2D eigenvalue weighted by atomic mass is 35.5. The topological polar surface area (TPSA) is 84.5 Å². The second-order valence-electron chi connectivity index (χ2n) is 7.54. The SMILES string of the molecule is NC1(C(=O)N2CCN(c3cnn(-c4ccccc4)c(=O)c3Cl)CC2)CCCC1. The molecule has 28 heavy (non-hydrogen) atoms. The number of benzene rings is 1. The van der Waals surface area contributed by atoms with Crippen LogP contribution in [0.5, 0.6) is 0 Å². The van der Waals surface area contributed by atoms with Gasteiger partial charge in [0, 0.05) is 26.2 Å². The standard InChI is InChI=1S/C20H24ClN5O2/c21-17-16(14-23-26(18(17)27)15-6-2-1-3-7-15)24-10-12-25(13-11-24)19(28)20(22)8-4-5-9-20/h1-3,6-7,14H,4-5,8-13,22H2. The first-order valence-electron chi connectivity index (χ1n) is 9.66. The fourth-order valence-electron chi connectivity index (χ4n) is 4.08. The van der Waals surface area contributed by atoms with Crippen LogP contribution in [0.25, 0.3) is 5.69 Å². The lowest BCUT2D eigenvalue weighted by Gasteiger charge is -2.39. The summed E-state index contributed by atoms with van der Waals surface area (Å²) < 4.78 is 1.30. The third-order valence-corrected chi connectivity index (χ3v) is 6.09. The lowest BCUT2D eigenvalue weighted by molar-refractivity contribution is -0.137. The largest absolute Gasteiger partial charge is 0.365 e. The molecule has 0 atom stereocenters. The Morgan fingerprint density at radius 3 is 2.36 bits per heavy atom. The molecule has 2 aliphatic rings. The summed E-state index contributed by atoms with van der Waals surface area (Å²) in [4.78, 5) is 29.3. The van der Waals surface area contributed by atoms with Gasteiger partial charge in [-0.2, -0.15) is 9.78 Å². The summed E-state index contributed by atoms with van der Waals surface area (Å²) in [6.07, 6.45) is 5.18. The number of nitrogens with two attached hydrogens (primary N) is 1. The van der Waals surface area contributed by atoms with Crippen molar-refractivity contribution in [2.75, 3.05) is 31.1 Å². The zero-order valence-corrected chi connectivity index (χ0v) is 16.4. The smallest absolute Gasteiger partial charge is 0.292 e. The van der Waals surface area contributed by atoms with E-state index in [-0.39, 0.29) is 16.5 Å². The predicted molar refractivity (Wildman–Crippen MR) is 109 cm³/mol. The van der Waals surface area contributed by atoms with Gasteiger partial charge in [0.1, 0.15) is 5.02 Å². The highest BCUT2D eigenvalue weighted by Gasteiger charge is 2.40. The first-order chi connectivity index (χ1) is 13.5. The van der Waals surface area contributed by atoms with Crippen molar-refractivity contribution in [2.24, 2.45) is 5.73 Å². The van der Waals surface area contributed by atoms with E-state index in [1.54, 1.807) is 18.3 Å². The number of hydrogen-bond donors (Lipinski definition) is 1. The van der Waals surface area contributed by atoms with E-state index in [4.69, 9.17) is 17.3 Å². The van der Waals surface area contributed by atoms with E-state index in [0.717, 1.165) is 25.7 Å². The molecule has 2 aromatic rings. The van der Waals surface area contributed by atoms with Gasteiger partial charge in [-0.25, -0.2) is 0 Å². The maximum absolute atomic E-state index is 12.8. The first-order valence-corrected chi connectivity index (χ1v) is 10.0. The Balaban J connectivity index is 1.49. The number of anilines is 1. The summed E-state index contributed by atoms with van der Waals surface area (Å²) in [5.41, 5.74) is 6.54. The molecule has 1 amide bonds. The minimum absolute atomic E-state index is 0.0494. The Kier molecular flexibility index (Phi) is 5.12. The average molecular weight is 402 g/mol. The Morgan fingerprint density at radius 2 is 1.71 bits per heavy atom. The van der Waals surface area contributed by atoms with Gasteiger partial charge in [-0.1, -0.05) is 42.6 Å². The number of aromatic nitrogens is 2. The number of hydrogen-bond acceptors (Lipinski definition) is 5. The van der Waals surface area contributed by atoms with Gasteiger partial charge in [-0.05, 0) is 25.0 Å². The van der Waals surface area contributed by atoms with Crippen molar-refractivity contribution < 1.29 is 4.79 Å². The summed E-state index contributed by atoms with van der Waals surface area (Å²) in [6.45, 7) is 2.32. The number of rotatable bonds is 3. The normalized spacial score (nSPS) is 19.1. The monoisotopic (exact) mass is 401 g/mol. The highest BCUT2D eigenvalue weighted by Crippen LogP contribution is 2.30. The van der Waals surface area contributed by atoms with Gasteiger partial charge in [0.2, 0.25) is 5.91 Å². The molecular formula is C20H24ClN5O2. The van der Waals surface area contributed by atoms with Crippen molar-refractivity contribution in [3.05, 3.63) is 51.9 Å². The number of nitrogens with zero attached hydrogens (tertiary/aromatic N) is 4. The summed E-state index contributed by atoms with van der Waals surface area (Å²) >= 11 is 6.39. The fourth-order valence-corrected chi connectivity index (χ4v) is 4.33. The van der Waals surface area contributed by atoms with Crippen LogP contribution in [-0.4, -0.2) is 52.3 Å². The molecule has 1 saturated carbocycles. The molecule has 2 heterocycles. The average Bonchev–Trinajstić information content (AvgIpc) is 3.18. The van der Waals surface area contributed by atoms with Gasteiger partial charge in [0.05, 0.1) is 23.1 Å². The van der Waals surface area contributed by atoms with E-state index in [1.807, 2.05) is 28.0 Å². The number of halogens is 1. The minimum atomic E-state index is -0.697. The maximum atomic E-state index is 12.8. The molecule has 0 unspecified atom stereocenters. The summed E-state index contributed by atoms with van der Waals surface area (Å²) in [5.74, 6) is 0.0494. The van der Waals surface area contributed by atoms with E-state index in [9.17, 15) is 9.59 Å². The second-order valence-corrected chi connectivity index (χ2v) is 7.92. The number of para-hydroxylation sites is 1. The van der Waals surface area contributed by atoms with E-state index >= 15 is 0 Å². The third kappa shape index (κ3) is 3.40. The molecule has 1 saturated heterocycles. The van der Waals surface area contributed by atoms with Gasteiger partial charge >= 0.3 is 0 Å². The van der Waals surface area contributed by atoms with Crippen molar-refractivity contribution in [1.82, 2.24) is 14.7 Å². The van der Waals surface area contributed by atoms with Crippen LogP contribution in [0.1, 0.15) is 25.7 Å². The Morgan fingerprint density at radius 1 is 1.07 bits per heavy atom. The van der Waals surface area contributed by atoms with Crippen LogP contribution in [-0.2, 0) is 4.79 Å². The van der Waals surface area contributed by atoms with Crippen LogP contribution in [0.15, 0.2) is 41.3 Å². The molecule has 1 aliphatic heterocycles. The molecule has 7 nitrogen and oxygen atoms in total. The molecule has 8 heteroatoms. The Bertz CT molecular complexity index is 916. The van der Waals surface area contributed by atoms with E-state index in [1.165, 1.54) is 4.68 Å². The van der Waals surface area contributed by atoms with Gasteiger partial charge in [-0.3, -0.25) is 9.59 Å². The molecule has 0 spiro atoms. The highest BCUT2D eigenvalue weighted by molar-refractivity contribution is 6.33. The lowest BCUT2D eigenvalue weighted by atomic mass is 9.97. The molecule has 0 radical (unpaired) electrons. The number of piperazine rings is 1. The van der Waals surface area contributed by atoms with Crippen molar-refractivity contribution in [3.8, 4) is 5.69 Å². The van der Waals surface area contributed by atoms with Crippen LogP contribution in [0.4, 0.5) is 5.69 Å². The molecule has 1 aromatic carbocycles. The summed E-state index contributed by atoms with van der Waals surface area (Å²) in [5, 5.41) is 4.43. The second kappa shape index (κ2) is 7.56. The van der Waals surface area contributed by atoms with Crippen molar-refractivity contribution >= 4 is 23.2 Å². The Labute approximate surface area is 168 Å². The van der Waals surface area contributed by atoms with E-state index in [2.05, 4.69) is 5.10 Å². The molecule has 1 aliphatic carbocycles. The van der Waals surface area contributed by atoms with Crippen LogP contribution in [0.2, 0.25) is 5.02 Å². The summed E-state index contributed by atoms with van der Waals surface area (Å²) in [7, 11) is 0. The van der Waals surface area contributed by atoms with Gasteiger partial charge in [-0.15, -0.1) is 0 Å². The predicted octanol–water partition coefficient (Wildman–Crippen LogP) is 1.81. The number of carbonyl (C=O) groups is 1. The first kappa shape index (κ1) is 19.0. The zero-order chi connectivity index (χ0) is 19.7. The fraction of sp³-hybridized carbons (Fsp3) is 0.450. The molecule has 148 valence electrons. The quantitative estimate of drug-likeness (QED) is 0.847. The molecular weight excluding hydrogens is 378 g/mol. The van der Waals surface area contributed by atoms with Gasteiger partial charge in [0.25, 0.3) is 5.56 Å². The van der Waals surface area contributed by atoms with E-state index < -0.39 is 5.54 Å². The number of carbonyl (C=O) groups excluding carboxylic acids is 1. The third-order valence-electron chi connectivity index (χ3n) is 5.73. The minimum Gasteiger partial charge on any atom is -0.365 e. The van der Waals surface area contributed by atoms with Crippen LogP contribution in [0.3, 0.4) is 0 Å². The van der Waals surface area contributed by atoms with Crippen LogP contribution in [0, 0.1) is 0 Å². The molecule has 0 bridgehead atoms. The van der Waals surface area contributed by atoms with Crippen molar-refractivity contribution in [2.45, 2.75) is 31.2 Å². The van der Waals surface area contributed by atoms with Crippen LogP contribution < -0.4 is 16.2 Å². The van der Waals surface area contributed by atoms with Crippen LogP contribution >= 0.6 is 11.6 Å². The molecule has 2 fully saturated rings. The maximum Gasteiger partial charge on any atom is 0.292 e. The zero-order valence-electron chi connectivity index (χ0n) is 15.7. The van der Waals surface area contributed by atoms with E-state index in [0.29, 0.717) is 37.6 Å². The Hall–Kier alpha value is -2.38. The van der Waals surface area contributed by atoms with Crippen molar-refractivity contribution in [1.29, 1.82) is 0 Å². The lowest BCUT2D eigenvalue weighted by Crippen LogP contribution is -2.58. The molecule has 1 aromatic heterocycles. The number of amides is 1. The van der Waals surface area contributed by atoms with Gasteiger partial charge < -0.3 is 15.5 Å². The molecule has 2 N–H and O–H groups in total. The van der Waals surface area contributed by atoms with Gasteiger partial charge in [0.15, 0.2) is 0 Å². The van der Waals surface area contributed by atoms with Crippen molar-refractivity contribution in [3.63, 3.8) is 0 Å². The summed E-state index contributed by atoms with van der Waals surface area (Å²) in [6, 6.07) is 9.18. The molecule has 4 rings (SSSR count).